The molecule has 0 spiro atoms. The molecular weight excluding hydrogens is 260 g/mol. The lowest BCUT2D eigenvalue weighted by Crippen LogP contribution is -2.06. The second-order valence-corrected chi connectivity index (χ2v) is 5.79. The first-order valence-corrected chi connectivity index (χ1v) is 7.55. The molecule has 0 unspecified atom stereocenters. The molecule has 2 aromatic heterocycles. The van der Waals surface area contributed by atoms with Gasteiger partial charge in [-0.05, 0) is 31.3 Å². The Bertz CT molecular complexity index is 557. The van der Waals surface area contributed by atoms with E-state index in [-0.39, 0.29) is 0 Å². The van der Waals surface area contributed by atoms with Crippen molar-refractivity contribution in [3.05, 3.63) is 11.5 Å². The predicted octanol–water partition coefficient (Wildman–Crippen LogP) is 3.59. The summed E-state index contributed by atoms with van der Waals surface area (Å²) >= 11 is 1.43. The van der Waals surface area contributed by atoms with E-state index in [0.29, 0.717) is 11.8 Å². The van der Waals surface area contributed by atoms with Gasteiger partial charge in [-0.25, -0.2) is 0 Å². The van der Waals surface area contributed by atoms with Crippen molar-refractivity contribution in [2.24, 2.45) is 0 Å². The molecule has 0 bridgehead atoms. The predicted molar refractivity (Wildman–Crippen MR) is 75.5 cm³/mol. The van der Waals surface area contributed by atoms with Crippen LogP contribution < -0.4 is 5.32 Å². The molecule has 2 aromatic rings. The van der Waals surface area contributed by atoms with E-state index in [2.05, 4.69) is 19.8 Å². The first kappa shape index (κ1) is 12.6. The lowest BCUT2D eigenvalue weighted by molar-refractivity contribution is 0.385. The number of anilines is 1. The van der Waals surface area contributed by atoms with E-state index in [1.165, 1.54) is 43.6 Å². The SMILES string of the molecule is CNc1snc(C)c1-c1nc(C2CCCCC2)no1. The van der Waals surface area contributed by atoms with Crippen molar-refractivity contribution in [1.29, 1.82) is 0 Å². The second kappa shape index (κ2) is 5.28. The zero-order chi connectivity index (χ0) is 13.2. The maximum absolute atomic E-state index is 5.45. The maximum Gasteiger partial charge on any atom is 0.262 e. The summed E-state index contributed by atoms with van der Waals surface area (Å²) in [5, 5.41) is 8.29. The molecule has 19 heavy (non-hydrogen) atoms. The summed E-state index contributed by atoms with van der Waals surface area (Å²) in [7, 11) is 1.88. The smallest absolute Gasteiger partial charge is 0.262 e. The van der Waals surface area contributed by atoms with E-state index in [1.54, 1.807) is 0 Å². The Balaban J connectivity index is 1.89. The summed E-state index contributed by atoms with van der Waals surface area (Å²) in [6, 6.07) is 0. The Hall–Kier alpha value is -1.43. The van der Waals surface area contributed by atoms with Crippen LogP contribution in [0.1, 0.15) is 49.5 Å². The van der Waals surface area contributed by atoms with E-state index < -0.39 is 0 Å². The van der Waals surface area contributed by atoms with Gasteiger partial charge in [-0.2, -0.15) is 9.36 Å². The van der Waals surface area contributed by atoms with Gasteiger partial charge in [-0.1, -0.05) is 24.4 Å². The highest BCUT2D eigenvalue weighted by atomic mass is 32.1. The molecule has 0 radical (unpaired) electrons. The molecule has 2 heterocycles. The molecule has 6 heteroatoms. The van der Waals surface area contributed by atoms with Crippen molar-refractivity contribution in [2.75, 3.05) is 12.4 Å². The molecule has 5 nitrogen and oxygen atoms in total. The fourth-order valence-corrected chi connectivity index (χ4v) is 3.39. The van der Waals surface area contributed by atoms with Crippen LogP contribution in [-0.2, 0) is 0 Å². The van der Waals surface area contributed by atoms with Gasteiger partial charge in [0, 0.05) is 13.0 Å². The summed E-state index contributed by atoms with van der Waals surface area (Å²) < 4.78 is 9.79. The molecule has 0 aromatic carbocycles. The van der Waals surface area contributed by atoms with Crippen molar-refractivity contribution < 1.29 is 4.52 Å². The standard InChI is InChI=1S/C13H18N4OS/c1-8-10(13(14-2)19-17-8)12-15-11(16-18-12)9-6-4-3-5-7-9/h9,14H,3-7H2,1-2H3. The number of aromatic nitrogens is 3. The molecule has 3 rings (SSSR count). The average molecular weight is 278 g/mol. The van der Waals surface area contributed by atoms with E-state index in [1.807, 2.05) is 14.0 Å². The first-order valence-electron chi connectivity index (χ1n) is 6.77. The zero-order valence-electron chi connectivity index (χ0n) is 11.3. The van der Waals surface area contributed by atoms with Gasteiger partial charge in [0.2, 0.25) is 0 Å². The van der Waals surface area contributed by atoms with Crippen LogP contribution in [0.2, 0.25) is 0 Å². The van der Waals surface area contributed by atoms with Crippen LogP contribution in [0.4, 0.5) is 5.00 Å². The van der Waals surface area contributed by atoms with Crippen LogP contribution in [0.5, 0.6) is 0 Å². The van der Waals surface area contributed by atoms with Gasteiger partial charge in [-0.3, -0.25) is 0 Å². The van der Waals surface area contributed by atoms with E-state index in [0.717, 1.165) is 22.1 Å². The molecule has 0 amide bonds. The number of aryl methyl sites for hydroxylation is 1. The van der Waals surface area contributed by atoms with Crippen molar-refractivity contribution >= 4 is 16.5 Å². The second-order valence-electron chi connectivity index (χ2n) is 5.01. The molecule has 1 N–H and O–H groups in total. The van der Waals surface area contributed by atoms with Gasteiger partial charge in [0.05, 0.1) is 11.3 Å². The highest BCUT2D eigenvalue weighted by Crippen LogP contribution is 2.36. The van der Waals surface area contributed by atoms with Crippen LogP contribution in [0.15, 0.2) is 4.52 Å². The van der Waals surface area contributed by atoms with Gasteiger partial charge < -0.3 is 9.84 Å². The fraction of sp³-hybridized carbons (Fsp3) is 0.615. The van der Waals surface area contributed by atoms with Crippen molar-refractivity contribution in [3.8, 4) is 11.5 Å². The molecule has 0 aliphatic heterocycles. The lowest BCUT2D eigenvalue weighted by atomic mass is 9.89. The number of hydrogen-bond donors (Lipinski definition) is 1. The normalized spacial score (nSPS) is 16.7. The van der Waals surface area contributed by atoms with Crippen molar-refractivity contribution in [2.45, 2.75) is 44.9 Å². The van der Waals surface area contributed by atoms with Crippen LogP contribution in [0.25, 0.3) is 11.5 Å². The molecule has 0 atom stereocenters. The lowest BCUT2D eigenvalue weighted by Gasteiger charge is -2.17. The Morgan fingerprint density at radius 2 is 2.05 bits per heavy atom. The van der Waals surface area contributed by atoms with Gasteiger partial charge in [-0.15, -0.1) is 0 Å². The van der Waals surface area contributed by atoms with Crippen molar-refractivity contribution in [1.82, 2.24) is 14.5 Å². The first-order chi connectivity index (χ1) is 9.29. The topological polar surface area (TPSA) is 63.8 Å². The van der Waals surface area contributed by atoms with E-state index in [9.17, 15) is 0 Å². The molecular formula is C13H18N4OS. The quantitative estimate of drug-likeness (QED) is 0.929. The third kappa shape index (κ3) is 2.36. The largest absolute Gasteiger partial charge is 0.378 e. The fourth-order valence-electron chi connectivity index (χ4n) is 2.66. The maximum atomic E-state index is 5.45. The van der Waals surface area contributed by atoms with Gasteiger partial charge in [0.25, 0.3) is 5.89 Å². The summed E-state index contributed by atoms with van der Waals surface area (Å²) in [6.45, 7) is 1.97. The zero-order valence-corrected chi connectivity index (χ0v) is 12.1. The third-order valence-corrected chi connectivity index (χ3v) is 4.67. The summed E-state index contributed by atoms with van der Waals surface area (Å²) in [6.07, 6.45) is 6.24. The van der Waals surface area contributed by atoms with Gasteiger partial charge in [0.15, 0.2) is 5.82 Å². The minimum absolute atomic E-state index is 0.469. The molecule has 1 aliphatic carbocycles. The number of nitrogens with zero attached hydrogens (tertiary/aromatic N) is 3. The van der Waals surface area contributed by atoms with Gasteiger partial charge in [0.1, 0.15) is 5.00 Å². The molecule has 102 valence electrons. The minimum Gasteiger partial charge on any atom is -0.378 e. The van der Waals surface area contributed by atoms with Crippen LogP contribution in [0.3, 0.4) is 0 Å². The Morgan fingerprint density at radius 3 is 2.79 bits per heavy atom. The highest BCUT2D eigenvalue weighted by molar-refractivity contribution is 7.10. The third-order valence-electron chi connectivity index (χ3n) is 3.72. The monoisotopic (exact) mass is 278 g/mol. The average Bonchev–Trinajstić information content (AvgIpc) is 3.05. The minimum atomic E-state index is 0.469. The summed E-state index contributed by atoms with van der Waals surface area (Å²) in [5.74, 6) is 1.93. The van der Waals surface area contributed by atoms with E-state index >= 15 is 0 Å². The van der Waals surface area contributed by atoms with E-state index in [4.69, 9.17) is 4.52 Å². The molecule has 1 aliphatic rings. The molecule has 0 saturated heterocycles. The van der Waals surface area contributed by atoms with Crippen LogP contribution in [-0.4, -0.2) is 21.6 Å². The number of nitrogens with one attached hydrogen (secondary N) is 1. The summed E-state index contributed by atoms with van der Waals surface area (Å²) in [5.41, 5.74) is 1.88. The Labute approximate surface area is 116 Å². The number of rotatable bonds is 3. The van der Waals surface area contributed by atoms with Gasteiger partial charge >= 0.3 is 0 Å². The Kier molecular flexibility index (Phi) is 3.50. The highest BCUT2D eigenvalue weighted by Gasteiger charge is 2.23. The molecule has 1 saturated carbocycles. The summed E-state index contributed by atoms with van der Waals surface area (Å²) in [4.78, 5) is 4.59. The van der Waals surface area contributed by atoms with Crippen molar-refractivity contribution in [3.63, 3.8) is 0 Å². The Morgan fingerprint density at radius 1 is 1.26 bits per heavy atom. The molecule has 1 fully saturated rings. The van der Waals surface area contributed by atoms with Crippen LogP contribution >= 0.6 is 11.5 Å². The van der Waals surface area contributed by atoms with Crippen LogP contribution in [0, 0.1) is 6.92 Å². The number of hydrogen-bond acceptors (Lipinski definition) is 6.